The molecule has 2 aliphatic rings. The molecule has 2 aliphatic heterocycles. The van der Waals surface area contributed by atoms with E-state index in [1.807, 2.05) is 24.0 Å². The van der Waals surface area contributed by atoms with Crippen molar-refractivity contribution < 1.29 is 14.4 Å². The van der Waals surface area contributed by atoms with Crippen LogP contribution in [0.1, 0.15) is 29.8 Å². The third-order valence-corrected chi connectivity index (χ3v) is 5.30. The molecule has 30 heavy (non-hydrogen) atoms. The SMILES string of the molecule is CCNC(=NCc1ccc(C(=O)N2CCNC(=O)C2)cc1)N1CCN(C(C)=O)CC1. The summed E-state index contributed by atoms with van der Waals surface area (Å²) in [6.45, 7) is 8.92. The minimum atomic E-state index is -0.128. The molecule has 0 aromatic heterocycles. The van der Waals surface area contributed by atoms with Gasteiger partial charge in [0.1, 0.15) is 0 Å². The van der Waals surface area contributed by atoms with Gasteiger partial charge in [-0.25, -0.2) is 4.99 Å². The summed E-state index contributed by atoms with van der Waals surface area (Å²) in [5.74, 6) is 0.689. The molecule has 9 nitrogen and oxygen atoms in total. The van der Waals surface area contributed by atoms with Crippen molar-refractivity contribution in [2.45, 2.75) is 20.4 Å². The molecular formula is C21H30N6O3. The first kappa shape index (κ1) is 21.6. The van der Waals surface area contributed by atoms with E-state index in [-0.39, 0.29) is 24.3 Å². The average Bonchev–Trinajstić information content (AvgIpc) is 2.76. The van der Waals surface area contributed by atoms with Crippen molar-refractivity contribution in [3.63, 3.8) is 0 Å². The maximum Gasteiger partial charge on any atom is 0.254 e. The summed E-state index contributed by atoms with van der Waals surface area (Å²) in [6, 6.07) is 7.38. The Bertz CT molecular complexity index is 799. The van der Waals surface area contributed by atoms with Gasteiger partial charge in [0, 0.05) is 58.3 Å². The third kappa shape index (κ3) is 5.49. The van der Waals surface area contributed by atoms with Crippen molar-refractivity contribution >= 4 is 23.7 Å². The minimum Gasteiger partial charge on any atom is -0.357 e. The molecule has 3 rings (SSSR count). The highest BCUT2D eigenvalue weighted by Crippen LogP contribution is 2.11. The third-order valence-electron chi connectivity index (χ3n) is 5.30. The standard InChI is InChI=1S/C21H30N6O3/c1-3-22-21(26-12-10-25(11-13-26)16(2)28)24-14-17-4-6-18(7-5-17)20(30)27-9-8-23-19(29)15-27/h4-7H,3,8-15H2,1-2H3,(H,22,24)(H,23,29). The van der Waals surface area contributed by atoms with Gasteiger partial charge in [-0.2, -0.15) is 0 Å². The molecular weight excluding hydrogens is 384 g/mol. The highest BCUT2D eigenvalue weighted by molar-refractivity contribution is 5.97. The van der Waals surface area contributed by atoms with Gasteiger partial charge in [-0.3, -0.25) is 14.4 Å². The van der Waals surface area contributed by atoms with Crippen LogP contribution in [0.15, 0.2) is 29.3 Å². The van der Waals surface area contributed by atoms with Gasteiger partial charge in [0.15, 0.2) is 5.96 Å². The average molecular weight is 415 g/mol. The lowest BCUT2D eigenvalue weighted by molar-refractivity contribution is -0.130. The molecule has 0 aliphatic carbocycles. The fraction of sp³-hybridized carbons (Fsp3) is 0.524. The van der Waals surface area contributed by atoms with Crippen LogP contribution in [0, 0.1) is 0 Å². The number of nitrogens with one attached hydrogen (secondary N) is 2. The van der Waals surface area contributed by atoms with Crippen molar-refractivity contribution in [1.82, 2.24) is 25.3 Å². The largest absolute Gasteiger partial charge is 0.357 e. The first-order chi connectivity index (χ1) is 14.5. The highest BCUT2D eigenvalue weighted by atomic mass is 16.2. The smallest absolute Gasteiger partial charge is 0.254 e. The topological polar surface area (TPSA) is 97.3 Å². The van der Waals surface area contributed by atoms with Gasteiger partial charge in [0.2, 0.25) is 11.8 Å². The normalized spacial score (nSPS) is 17.6. The number of nitrogens with zero attached hydrogens (tertiary/aromatic N) is 4. The summed E-state index contributed by atoms with van der Waals surface area (Å²) in [5, 5.41) is 6.04. The predicted molar refractivity (Wildman–Crippen MR) is 114 cm³/mol. The Morgan fingerprint density at radius 3 is 2.30 bits per heavy atom. The Hall–Kier alpha value is -3.10. The van der Waals surface area contributed by atoms with Gasteiger partial charge in [-0.15, -0.1) is 0 Å². The molecule has 0 unspecified atom stereocenters. The lowest BCUT2D eigenvalue weighted by atomic mass is 10.1. The Balaban J connectivity index is 1.60. The number of benzene rings is 1. The van der Waals surface area contributed by atoms with Crippen LogP contribution >= 0.6 is 0 Å². The number of carbonyl (C=O) groups excluding carboxylic acids is 3. The van der Waals surface area contributed by atoms with Crippen molar-refractivity contribution in [1.29, 1.82) is 0 Å². The van der Waals surface area contributed by atoms with Crippen molar-refractivity contribution in [2.75, 3.05) is 52.4 Å². The molecule has 3 amide bonds. The molecule has 2 N–H and O–H groups in total. The van der Waals surface area contributed by atoms with E-state index < -0.39 is 0 Å². The van der Waals surface area contributed by atoms with Crippen LogP contribution in [0.3, 0.4) is 0 Å². The second kappa shape index (κ2) is 10.1. The van der Waals surface area contributed by atoms with E-state index in [1.165, 1.54) is 0 Å². The fourth-order valence-electron chi connectivity index (χ4n) is 3.57. The number of aliphatic imine (C=N–C) groups is 1. The molecule has 2 saturated heterocycles. The molecule has 2 fully saturated rings. The number of carbonyl (C=O) groups is 3. The van der Waals surface area contributed by atoms with Crippen molar-refractivity contribution in [3.8, 4) is 0 Å². The van der Waals surface area contributed by atoms with Gasteiger partial charge in [-0.1, -0.05) is 12.1 Å². The van der Waals surface area contributed by atoms with Gasteiger partial charge in [-0.05, 0) is 24.6 Å². The van der Waals surface area contributed by atoms with Crippen LogP contribution in [-0.2, 0) is 16.1 Å². The van der Waals surface area contributed by atoms with E-state index in [0.29, 0.717) is 38.3 Å². The molecule has 162 valence electrons. The molecule has 0 saturated carbocycles. The first-order valence-corrected chi connectivity index (χ1v) is 10.4. The van der Waals surface area contributed by atoms with Crippen LogP contribution in [0.5, 0.6) is 0 Å². The quantitative estimate of drug-likeness (QED) is 0.529. The van der Waals surface area contributed by atoms with E-state index in [9.17, 15) is 14.4 Å². The zero-order valence-electron chi connectivity index (χ0n) is 17.7. The number of hydrogen-bond acceptors (Lipinski definition) is 4. The van der Waals surface area contributed by atoms with Gasteiger partial charge in [0.05, 0.1) is 13.1 Å². The highest BCUT2D eigenvalue weighted by Gasteiger charge is 2.22. The van der Waals surface area contributed by atoms with Crippen LogP contribution in [0.25, 0.3) is 0 Å². The van der Waals surface area contributed by atoms with E-state index in [0.717, 1.165) is 31.2 Å². The number of rotatable bonds is 4. The van der Waals surface area contributed by atoms with Crippen LogP contribution < -0.4 is 10.6 Å². The molecule has 2 heterocycles. The van der Waals surface area contributed by atoms with E-state index in [4.69, 9.17) is 4.99 Å². The molecule has 0 spiro atoms. The number of hydrogen-bond donors (Lipinski definition) is 2. The summed E-state index contributed by atoms with van der Waals surface area (Å²) in [4.78, 5) is 45.9. The Morgan fingerprint density at radius 2 is 1.70 bits per heavy atom. The maximum atomic E-state index is 12.6. The van der Waals surface area contributed by atoms with Gasteiger partial charge >= 0.3 is 0 Å². The maximum absolute atomic E-state index is 12.6. The lowest BCUT2D eigenvalue weighted by Crippen LogP contribution is -2.53. The Labute approximate surface area is 177 Å². The molecule has 0 radical (unpaired) electrons. The molecule has 9 heteroatoms. The summed E-state index contributed by atoms with van der Waals surface area (Å²) < 4.78 is 0. The minimum absolute atomic E-state index is 0.105. The predicted octanol–water partition coefficient (Wildman–Crippen LogP) is -0.112. The Morgan fingerprint density at radius 1 is 1.03 bits per heavy atom. The van der Waals surface area contributed by atoms with Crippen LogP contribution in [0.2, 0.25) is 0 Å². The van der Waals surface area contributed by atoms with Crippen molar-refractivity contribution in [3.05, 3.63) is 35.4 Å². The molecule has 0 atom stereocenters. The number of guanidine groups is 1. The zero-order chi connectivity index (χ0) is 21.5. The summed E-state index contributed by atoms with van der Waals surface area (Å²) in [6.07, 6.45) is 0. The van der Waals surface area contributed by atoms with E-state index >= 15 is 0 Å². The number of piperazine rings is 2. The summed E-state index contributed by atoms with van der Waals surface area (Å²) >= 11 is 0. The lowest BCUT2D eigenvalue weighted by Gasteiger charge is -2.36. The van der Waals surface area contributed by atoms with Gasteiger partial charge in [0.25, 0.3) is 5.91 Å². The Kier molecular flexibility index (Phi) is 7.26. The van der Waals surface area contributed by atoms with Gasteiger partial charge < -0.3 is 25.3 Å². The monoisotopic (exact) mass is 414 g/mol. The second-order valence-corrected chi connectivity index (χ2v) is 7.44. The van der Waals surface area contributed by atoms with E-state index in [2.05, 4.69) is 15.5 Å². The molecule has 0 bridgehead atoms. The van der Waals surface area contributed by atoms with E-state index in [1.54, 1.807) is 24.0 Å². The molecule has 1 aromatic rings. The zero-order valence-corrected chi connectivity index (χ0v) is 17.7. The molecule has 1 aromatic carbocycles. The fourth-order valence-corrected chi connectivity index (χ4v) is 3.57. The number of amides is 3. The second-order valence-electron chi connectivity index (χ2n) is 7.44. The van der Waals surface area contributed by atoms with Crippen LogP contribution in [-0.4, -0.2) is 90.7 Å². The first-order valence-electron chi connectivity index (χ1n) is 10.4. The van der Waals surface area contributed by atoms with Crippen molar-refractivity contribution in [2.24, 2.45) is 4.99 Å². The van der Waals surface area contributed by atoms with Crippen LogP contribution in [0.4, 0.5) is 0 Å². The summed E-state index contributed by atoms with van der Waals surface area (Å²) in [7, 11) is 0. The summed E-state index contributed by atoms with van der Waals surface area (Å²) in [5.41, 5.74) is 1.57.